The molecule has 0 spiro atoms. The second-order valence-electron chi connectivity index (χ2n) is 4.62. The van der Waals surface area contributed by atoms with Crippen molar-refractivity contribution in [2.24, 2.45) is 5.92 Å². The summed E-state index contributed by atoms with van der Waals surface area (Å²) in [6.45, 7) is 2.46. The minimum absolute atomic E-state index is 0.00418. The molecule has 7 nitrogen and oxygen atoms in total. The molecule has 1 atom stereocenters. The Labute approximate surface area is 119 Å². The Balaban J connectivity index is 2.15. The fraction of sp³-hybridized carbons (Fsp3) is 0.385. The number of carbonyl (C=O) groups is 2. The molecule has 1 aromatic carbocycles. The Morgan fingerprint density at radius 1 is 1.57 bits per heavy atom. The molecular weight excluding hydrogens is 283 g/mol. The maximum absolute atomic E-state index is 13.1. The van der Waals surface area contributed by atoms with Gasteiger partial charge in [-0.1, -0.05) is 0 Å². The van der Waals surface area contributed by atoms with Gasteiger partial charge in [-0.15, -0.1) is 0 Å². The van der Waals surface area contributed by atoms with Gasteiger partial charge < -0.3 is 9.64 Å². The summed E-state index contributed by atoms with van der Waals surface area (Å²) in [5.41, 5.74) is -0.499. The van der Waals surface area contributed by atoms with E-state index < -0.39 is 34.1 Å². The highest BCUT2D eigenvalue weighted by Gasteiger charge is 2.35. The van der Waals surface area contributed by atoms with Gasteiger partial charge in [-0.2, -0.15) is 0 Å². The van der Waals surface area contributed by atoms with Gasteiger partial charge in [0, 0.05) is 31.6 Å². The van der Waals surface area contributed by atoms with Crippen LogP contribution in [0.2, 0.25) is 0 Å². The minimum atomic E-state index is -0.770. The normalized spacial score (nSPS) is 17.9. The van der Waals surface area contributed by atoms with Crippen molar-refractivity contribution < 1.29 is 23.6 Å². The first kappa shape index (κ1) is 14.9. The molecule has 1 unspecified atom stereocenters. The number of halogens is 1. The van der Waals surface area contributed by atoms with Crippen molar-refractivity contribution in [1.29, 1.82) is 0 Å². The lowest BCUT2D eigenvalue weighted by atomic mass is 10.1. The molecule has 8 heteroatoms. The van der Waals surface area contributed by atoms with E-state index in [9.17, 15) is 24.1 Å². The van der Waals surface area contributed by atoms with Crippen LogP contribution in [-0.4, -0.2) is 34.8 Å². The van der Waals surface area contributed by atoms with Crippen LogP contribution in [-0.2, 0) is 9.59 Å². The van der Waals surface area contributed by atoms with Crippen LogP contribution in [0.5, 0.6) is 5.75 Å². The number of amides is 1. The molecular formula is C13H13FN2O5. The van der Waals surface area contributed by atoms with Crippen molar-refractivity contribution in [3.05, 3.63) is 34.1 Å². The number of nitrogens with zero attached hydrogens (tertiary/aromatic N) is 2. The van der Waals surface area contributed by atoms with Crippen LogP contribution < -0.4 is 4.74 Å². The topological polar surface area (TPSA) is 89.8 Å². The summed E-state index contributed by atoms with van der Waals surface area (Å²) in [7, 11) is 0. The van der Waals surface area contributed by atoms with E-state index in [-0.39, 0.29) is 18.9 Å². The quantitative estimate of drug-likeness (QED) is 0.363. The highest BCUT2D eigenvalue weighted by atomic mass is 19.1. The minimum Gasteiger partial charge on any atom is -0.419 e. The average molecular weight is 296 g/mol. The Kier molecular flexibility index (Phi) is 4.15. The number of nitro groups is 1. The summed E-state index contributed by atoms with van der Waals surface area (Å²) in [6.07, 6.45) is -0.00418. The van der Waals surface area contributed by atoms with Gasteiger partial charge in [-0.05, 0) is 13.0 Å². The number of hydrogen-bond donors (Lipinski definition) is 0. The Morgan fingerprint density at radius 2 is 2.29 bits per heavy atom. The highest BCUT2D eigenvalue weighted by Crippen LogP contribution is 2.29. The van der Waals surface area contributed by atoms with E-state index in [2.05, 4.69) is 0 Å². The third-order valence-electron chi connectivity index (χ3n) is 3.26. The molecule has 0 radical (unpaired) electrons. The van der Waals surface area contributed by atoms with Crippen molar-refractivity contribution >= 4 is 17.6 Å². The first-order valence-electron chi connectivity index (χ1n) is 6.35. The molecule has 1 fully saturated rings. The average Bonchev–Trinajstić information content (AvgIpc) is 2.79. The molecule has 1 heterocycles. The van der Waals surface area contributed by atoms with E-state index in [0.717, 1.165) is 18.2 Å². The maximum atomic E-state index is 13.1. The van der Waals surface area contributed by atoms with Gasteiger partial charge in [0.25, 0.3) is 0 Å². The van der Waals surface area contributed by atoms with Crippen LogP contribution in [0.4, 0.5) is 10.1 Å². The molecule has 0 bridgehead atoms. The zero-order valence-electron chi connectivity index (χ0n) is 11.2. The molecule has 2 rings (SSSR count). The van der Waals surface area contributed by atoms with Gasteiger partial charge in [0.1, 0.15) is 5.82 Å². The maximum Gasteiger partial charge on any atom is 0.316 e. The lowest BCUT2D eigenvalue weighted by Crippen LogP contribution is -2.27. The van der Waals surface area contributed by atoms with Crippen molar-refractivity contribution in [2.45, 2.75) is 13.3 Å². The van der Waals surface area contributed by atoms with E-state index in [1.165, 1.54) is 4.90 Å². The summed E-state index contributed by atoms with van der Waals surface area (Å²) in [5.74, 6) is -2.84. The van der Waals surface area contributed by atoms with E-state index in [1.807, 2.05) is 0 Å². The lowest BCUT2D eigenvalue weighted by Gasteiger charge is -2.13. The number of hydrogen-bond acceptors (Lipinski definition) is 5. The standard InChI is InChI=1S/C13H13FN2O5/c1-2-15-7-8(5-12(15)17)13(18)21-11-6-9(14)3-4-10(11)16(19)20/h3-4,6,8H,2,5,7H2,1H3. The molecule has 112 valence electrons. The monoisotopic (exact) mass is 296 g/mol. The van der Waals surface area contributed by atoms with Gasteiger partial charge >= 0.3 is 11.7 Å². The number of ether oxygens (including phenoxy) is 1. The zero-order chi connectivity index (χ0) is 15.6. The molecule has 1 aliphatic heterocycles. The Hall–Kier alpha value is -2.51. The molecule has 1 amide bonds. The summed E-state index contributed by atoms with van der Waals surface area (Å²) < 4.78 is 18.1. The summed E-state index contributed by atoms with van der Waals surface area (Å²) in [5, 5.41) is 10.8. The van der Waals surface area contributed by atoms with Crippen molar-refractivity contribution in [3.63, 3.8) is 0 Å². The predicted octanol–water partition coefficient (Wildman–Crippen LogP) is 1.51. The van der Waals surface area contributed by atoms with Crippen LogP contribution in [0.1, 0.15) is 13.3 Å². The predicted molar refractivity (Wildman–Crippen MR) is 69.1 cm³/mol. The van der Waals surface area contributed by atoms with Gasteiger partial charge in [0.15, 0.2) is 0 Å². The van der Waals surface area contributed by atoms with Crippen LogP contribution in [0.15, 0.2) is 18.2 Å². The molecule has 21 heavy (non-hydrogen) atoms. The van der Waals surface area contributed by atoms with Crippen molar-refractivity contribution in [2.75, 3.05) is 13.1 Å². The Morgan fingerprint density at radius 3 is 2.86 bits per heavy atom. The summed E-state index contributed by atoms with van der Waals surface area (Å²) in [6, 6.07) is 2.62. The fourth-order valence-corrected chi connectivity index (χ4v) is 2.15. The SMILES string of the molecule is CCN1CC(C(=O)Oc2cc(F)ccc2[N+](=O)[O-])CC1=O. The van der Waals surface area contributed by atoms with Crippen LogP contribution in [0.25, 0.3) is 0 Å². The number of likely N-dealkylation sites (tertiary alicyclic amines) is 1. The van der Waals surface area contributed by atoms with Crippen molar-refractivity contribution in [3.8, 4) is 5.75 Å². The number of nitro benzene ring substituents is 1. The molecule has 0 saturated carbocycles. The van der Waals surface area contributed by atoms with E-state index >= 15 is 0 Å². The fourth-order valence-electron chi connectivity index (χ4n) is 2.15. The first-order valence-corrected chi connectivity index (χ1v) is 6.35. The van der Waals surface area contributed by atoms with Crippen LogP contribution >= 0.6 is 0 Å². The summed E-state index contributed by atoms with van der Waals surface area (Å²) in [4.78, 5) is 35.1. The number of esters is 1. The lowest BCUT2D eigenvalue weighted by molar-refractivity contribution is -0.385. The number of rotatable bonds is 4. The van der Waals surface area contributed by atoms with Crippen LogP contribution in [0.3, 0.4) is 0 Å². The van der Waals surface area contributed by atoms with Crippen molar-refractivity contribution in [1.82, 2.24) is 4.90 Å². The second kappa shape index (κ2) is 5.86. The highest BCUT2D eigenvalue weighted by molar-refractivity contribution is 5.87. The third-order valence-corrected chi connectivity index (χ3v) is 3.26. The molecule has 1 saturated heterocycles. The Bertz CT molecular complexity index is 604. The van der Waals surface area contributed by atoms with Gasteiger partial charge in [0.2, 0.25) is 11.7 Å². The third kappa shape index (κ3) is 3.15. The molecule has 1 aromatic rings. The van der Waals surface area contributed by atoms with Gasteiger partial charge in [0.05, 0.1) is 10.8 Å². The van der Waals surface area contributed by atoms with Gasteiger partial charge in [-0.3, -0.25) is 19.7 Å². The summed E-state index contributed by atoms with van der Waals surface area (Å²) >= 11 is 0. The molecule has 0 N–H and O–H groups in total. The van der Waals surface area contributed by atoms with Gasteiger partial charge in [-0.25, -0.2) is 4.39 Å². The number of carbonyl (C=O) groups excluding carboxylic acids is 2. The molecule has 1 aliphatic rings. The molecule has 0 aliphatic carbocycles. The smallest absolute Gasteiger partial charge is 0.316 e. The zero-order valence-corrected chi connectivity index (χ0v) is 11.2. The second-order valence-corrected chi connectivity index (χ2v) is 4.62. The molecule has 0 aromatic heterocycles. The number of benzene rings is 1. The van der Waals surface area contributed by atoms with E-state index in [0.29, 0.717) is 6.54 Å². The largest absolute Gasteiger partial charge is 0.419 e. The van der Waals surface area contributed by atoms with E-state index in [1.54, 1.807) is 6.92 Å². The first-order chi connectivity index (χ1) is 9.92. The van der Waals surface area contributed by atoms with E-state index in [4.69, 9.17) is 4.74 Å². The van der Waals surface area contributed by atoms with Crippen LogP contribution in [0, 0.1) is 21.8 Å².